The maximum Gasteiger partial charge on any atom is 0.410 e. The summed E-state index contributed by atoms with van der Waals surface area (Å²) in [7, 11) is 0. The Labute approximate surface area is 113 Å². The molecule has 1 fully saturated rings. The fourth-order valence-corrected chi connectivity index (χ4v) is 1.75. The number of nitrogens with zero attached hydrogens (tertiary/aromatic N) is 2. The topological polar surface area (TPSA) is 68.5 Å². The quantitative estimate of drug-likeness (QED) is 0.842. The van der Waals surface area contributed by atoms with Crippen molar-refractivity contribution >= 4 is 18.0 Å². The van der Waals surface area contributed by atoms with Gasteiger partial charge in [-0.15, -0.1) is 0 Å². The van der Waals surface area contributed by atoms with Gasteiger partial charge in [0.2, 0.25) is 0 Å². The largest absolute Gasteiger partial charge is 0.444 e. The van der Waals surface area contributed by atoms with E-state index in [0.29, 0.717) is 18.9 Å². The molecule has 2 N–H and O–H groups in total. The number of nitrogen functional groups attached to an aromatic ring is 1. The summed E-state index contributed by atoms with van der Waals surface area (Å²) in [5.74, 6) is 0.498. The van der Waals surface area contributed by atoms with E-state index in [1.165, 1.54) is 0 Å². The lowest BCUT2D eigenvalue weighted by molar-refractivity contribution is 0.0216. The Morgan fingerprint density at radius 3 is 2.68 bits per heavy atom. The zero-order chi connectivity index (χ0) is 14.0. The number of aromatic nitrogens is 1. The molecule has 1 amide bonds. The molecule has 0 atom stereocenters. The fourth-order valence-electron chi connectivity index (χ4n) is 1.75. The van der Waals surface area contributed by atoms with Gasteiger partial charge in [-0.2, -0.15) is 0 Å². The predicted molar refractivity (Wildman–Crippen MR) is 74.4 cm³/mol. The molecule has 2 heterocycles. The van der Waals surface area contributed by atoms with Gasteiger partial charge in [-0.3, -0.25) is 0 Å². The van der Waals surface area contributed by atoms with Crippen LogP contribution < -0.4 is 5.73 Å². The average Bonchev–Trinajstić information content (AvgIpc) is 2.20. The number of anilines is 1. The van der Waals surface area contributed by atoms with Crippen molar-refractivity contribution in [3.63, 3.8) is 0 Å². The summed E-state index contributed by atoms with van der Waals surface area (Å²) in [5.41, 5.74) is 7.12. The number of rotatable bonds is 1. The summed E-state index contributed by atoms with van der Waals surface area (Å²) in [6, 6.07) is 5.49. The van der Waals surface area contributed by atoms with Gasteiger partial charge in [0.15, 0.2) is 0 Å². The summed E-state index contributed by atoms with van der Waals surface area (Å²) < 4.78 is 5.28. The molecular weight excluding hydrogens is 242 g/mol. The van der Waals surface area contributed by atoms with Gasteiger partial charge in [0.25, 0.3) is 0 Å². The molecule has 1 aromatic heterocycles. The van der Waals surface area contributed by atoms with E-state index in [1.807, 2.05) is 39.0 Å². The highest BCUT2D eigenvalue weighted by Gasteiger charge is 2.29. The second kappa shape index (κ2) is 4.91. The van der Waals surface area contributed by atoms with Crippen LogP contribution in [0.15, 0.2) is 23.8 Å². The van der Waals surface area contributed by atoms with E-state index in [1.54, 1.807) is 11.0 Å². The van der Waals surface area contributed by atoms with E-state index in [4.69, 9.17) is 10.5 Å². The second-order valence-electron chi connectivity index (χ2n) is 5.63. The van der Waals surface area contributed by atoms with Gasteiger partial charge < -0.3 is 15.4 Å². The SMILES string of the molecule is CC(C)(C)OC(=O)N1CC(=Cc2cccc(N)n2)C1. The van der Waals surface area contributed by atoms with Crippen molar-refractivity contribution in [1.82, 2.24) is 9.88 Å². The maximum atomic E-state index is 11.7. The molecule has 0 aromatic carbocycles. The van der Waals surface area contributed by atoms with Crippen LogP contribution in [0.25, 0.3) is 6.08 Å². The number of nitrogens with two attached hydrogens (primary N) is 1. The molecule has 5 nitrogen and oxygen atoms in total. The Kier molecular flexibility index (Phi) is 3.46. The molecule has 1 aromatic rings. The van der Waals surface area contributed by atoms with Crippen LogP contribution >= 0.6 is 0 Å². The number of amides is 1. The molecule has 102 valence electrons. The van der Waals surface area contributed by atoms with Gasteiger partial charge in [0, 0.05) is 13.1 Å². The van der Waals surface area contributed by atoms with E-state index in [-0.39, 0.29) is 6.09 Å². The van der Waals surface area contributed by atoms with Crippen molar-refractivity contribution in [3.8, 4) is 0 Å². The first kappa shape index (κ1) is 13.4. The number of likely N-dealkylation sites (tertiary alicyclic amines) is 1. The van der Waals surface area contributed by atoms with Gasteiger partial charge in [-0.05, 0) is 44.6 Å². The third-order valence-corrected chi connectivity index (χ3v) is 2.58. The molecule has 0 radical (unpaired) electrons. The van der Waals surface area contributed by atoms with Crippen molar-refractivity contribution in [3.05, 3.63) is 29.5 Å². The third-order valence-electron chi connectivity index (χ3n) is 2.58. The van der Waals surface area contributed by atoms with E-state index >= 15 is 0 Å². The van der Waals surface area contributed by atoms with Crippen molar-refractivity contribution in [2.75, 3.05) is 18.8 Å². The number of pyridine rings is 1. The molecule has 0 unspecified atom stereocenters. The Balaban J connectivity index is 1.91. The molecule has 0 bridgehead atoms. The van der Waals surface area contributed by atoms with Crippen molar-refractivity contribution in [1.29, 1.82) is 0 Å². The molecule has 0 saturated carbocycles. The van der Waals surface area contributed by atoms with E-state index < -0.39 is 5.60 Å². The first-order chi connectivity index (χ1) is 8.83. The van der Waals surface area contributed by atoms with Crippen LogP contribution in [-0.4, -0.2) is 34.7 Å². The molecule has 1 aliphatic heterocycles. The lowest BCUT2D eigenvalue weighted by atomic mass is 10.1. The standard InChI is InChI=1S/C14H19N3O2/c1-14(2,3)19-13(18)17-8-10(9-17)7-11-5-4-6-12(15)16-11/h4-7H,8-9H2,1-3H3,(H2,15,16). The molecule has 1 aliphatic rings. The van der Waals surface area contributed by atoms with Crippen molar-refractivity contribution in [2.45, 2.75) is 26.4 Å². The van der Waals surface area contributed by atoms with E-state index in [2.05, 4.69) is 4.98 Å². The molecule has 5 heteroatoms. The maximum absolute atomic E-state index is 11.7. The van der Waals surface area contributed by atoms with Gasteiger partial charge in [-0.1, -0.05) is 6.07 Å². The second-order valence-corrected chi connectivity index (χ2v) is 5.63. The molecule has 2 rings (SSSR count). The van der Waals surface area contributed by atoms with E-state index in [9.17, 15) is 4.79 Å². The molecular formula is C14H19N3O2. The van der Waals surface area contributed by atoms with E-state index in [0.717, 1.165) is 11.3 Å². The van der Waals surface area contributed by atoms with Crippen LogP contribution in [0, 0.1) is 0 Å². The van der Waals surface area contributed by atoms with Gasteiger partial charge >= 0.3 is 6.09 Å². The first-order valence-electron chi connectivity index (χ1n) is 6.23. The summed E-state index contributed by atoms with van der Waals surface area (Å²) in [6.07, 6.45) is 1.68. The number of hydrogen-bond donors (Lipinski definition) is 1. The Bertz CT molecular complexity index is 510. The molecule has 19 heavy (non-hydrogen) atoms. The highest BCUT2D eigenvalue weighted by molar-refractivity contribution is 5.72. The fraction of sp³-hybridized carbons (Fsp3) is 0.429. The van der Waals surface area contributed by atoms with Crippen LogP contribution in [-0.2, 0) is 4.74 Å². The third kappa shape index (κ3) is 3.71. The lowest BCUT2D eigenvalue weighted by Gasteiger charge is -2.35. The number of carbonyl (C=O) groups is 1. The van der Waals surface area contributed by atoms with Crippen LogP contribution in [0.1, 0.15) is 26.5 Å². The van der Waals surface area contributed by atoms with Gasteiger partial charge in [0.05, 0.1) is 5.69 Å². The Morgan fingerprint density at radius 2 is 2.11 bits per heavy atom. The lowest BCUT2D eigenvalue weighted by Crippen LogP contribution is -2.46. The number of ether oxygens (including phenoxy) is 1. The predicted octanol–water partition coefficient (Wildman–Crippen LogP) is 2.30. The molecule has 0 aliphatic carbocycles. The normalized spacial score (nSPS) is 14.9. The first-order valence-corrected chi connectivity index (χ1v) is 6.23. The number of hydrogen-bond acceptors (Lipinski definition) is 4. The minimum Gasteiger partial charge on any atom is -0.444 e. The summed E-state index contributed by atoms with van der Waals surface area (Å²) in [5, 5.41) is 0. The van der Waals surface area contributed by atoms with Crippen molar-refractivity contribution < 1.29 is 9.53 Å². The van der Waals surface area contributed by atoms with Crippen LogP contribution in [0.5, 0.6) is 0 Å². The highest BCUT2D eigenvalue weighted by atomic mass is 16.6. The van der Waals surface area contributed by atoms with Crippen LogP contribution in [0.3, 0.4) is 0 Å². The smallest absolute Gasteiger partial charge is 0.410 e. The number of carbonyl (C=O) groups excluding carboxylic acids is 1. The zero-order valence-electron chi connectivity index (χ0n) is 11.5. The van der Waals surface area contributed by atoms with Gasteiger partial charge in [-0.25, -0.2) is 9.78 Å². The summed E-state index contributed by atoms with van der Waals surface area (Å²) >= 11 is 0. The van der Waals surface area contributed by atoms with Gasteiger partial charge in [0.1, 0.15) is 11.4 Å². The Morgan fingerprint density at radius 1 is 1.42 bits per heavy atom. The Hall–Kier alpha value is -2.04. The highest BCUT2D eigenvalue weighted by Crippen LogP contribution is 2.20. The minimum absolute atomic E-state index is 0.273. The molecule has 0 spiro atoms. The summed E-state index contributed by atoms with van der Waals surface area (Å²) in [4.78, 5) is 17.6. The van der Waals surface area contributed by atoms with Crippen LogP contribution in [0.2, 0.25) is 0 Å². The zero-order valence-corrected chi connectivity index (χ0v) is 11.5. The average molecular weight is 261 g/mol. The minimum atomic E-state index is -0.452. The molecule has 1 saturated heterocycles. The monoisotopic (exact) mass is 261 g/mol. The summed E-state index contributed by atoms with van der Waals surface area (Å²) in [6.45, 7) is 6.76. The van der Waals surface area contributed by atoms with Crippen molar-refractivity contribution in [2.24, 2.45) is 0 Å². The van der Waals surface area contributed by atoms with Crippen LogP contribution in [0.4, 0.5) is 10.6 Å².